The molecule has 0 atom stereocenters. The molecular formula is C20H22BrN3O4. The average molecular weight is 448 g/mol. The van der Waals surface area contributed by atoms with Crippen LogP contribution in [0.2, 0.25) is 0 Å². The molecule has 0 saturated carbocycles. The number of hydrogen-bond acceptors (Lipinski definition) is 5. The number of hydrogen-bond donors (Lipinski definition) is 2. The SMILES string of the molecule is CCCOc1ccc(C(=O)NCC(=O)N/N=C\c2cc(Br)ccc2OC)cc1. The molecule has 28 heavy (non-hydrogen) atoms. The number of amides is 2. The van der Waals surface area contributed by atoms with Gasteiger partial charge in [-0.2, -0.15) is 5.10 Å². The van der Waals surface area contributed by atoms with E-state index in [1.807, 2.05) is 19.1 Å². The van der Waals surface area contributed by atoms with Gasteiger partial charge < -0.3 is 14.8 Å². The van der Waals surface area contributed by atoms with E-state index in [1.54, 1.807) is 37.4 Å². The Hall–Kier alpha value is -2.87. The Kier molecular flexibility index (Phi) is 8.48. The summed E-state index contributed by atoms with van der Waals surface area (Å²) in [5, 5.41) is 6.43. The summed E-state index contributed by atoms with van der Waals surface area (Å²) in [6, 6.07) is 12.2. The highest BCUT2D eigenvalue weighted by Gasteiger charge is 2.08. The zero-order chi connectivity index (χ0) is 20.4. The van der Waals surface area contributed by atoms with Crippen LogP contribution in [0.25, 0.3) is 0 Å². The van der Waals surface area contributed by atoms with E-state index in [4.69, 9.17) is 9.47 Å². The van der Waals surface area contributed by atoms with Crippen LogP contribution in [-0.4, -0.2) is 38.3 Å². The van der Waals surface area contributed by atoms with E-state index in [9.17, 15) is 9.59 Å². The first-order valence-corrected chi connectivity index (χ1v) is 9.49. The van der Waals surface area contributed by atoms with Crippen LogP contribution in [0, 0.1) is 0 Å². The van der Waals surface area contributed by atoms with E-state index in [0.717, 1.165) is 10.9 Å². The molecule has 0 spiro atoms. The Morgan fingerprint density at radius 3 is 2.61 bits per heavy atom. The fourth-order valence-electron chi connectivity index (χ4n) is 2.20. The molecule has 2 amide bonds. The number of hydrazone groups is 1. The number of ether oxygens (including phenoxy) is 2. The molecule has 0 fully saturated rings. The molecule has 0 aliphatic rings. The Balaban J connectivity index is 1.82. The Morgan fingerprint density at radius 2 is 1.93 bits per heavy atom. The van der Waals surface area contributed by atoms with Gasteiger partial charge in [-0.15, -0.1) is 0 Å². The average Bonchev–Trinajstić information content (AvgIpc) is 2.71. The number of rotatable bonds is 9. The minimum Gasteiger partial charge on any atom is -0.496 e. The van der Waals surface area contributed by atoms with Crippen LogP contribution >= 0.6 is 15.9 Å². The van der Waals surface area contributed by atoms with Gasteiger partial charge in [0, 0.05) is 15.6 Å². The van der Waals surface area contributed by atoms with Gasteiger partial charge in [0.2, 0.25) is 0 Å². The summed E-state index contributed by atoms with van der Waals surface area (Å²) in [6.45, 7) is 2.45. The summed E-state index contributed by atoms with van der Waals surface area (Å²) >= 11 is 3.37. The van der Waals surface area contributed by atoms with Gasteiger partial charge in [-0.3, -0.25) is 9.59 Å². The van der Waals surface area contributed by atoms with E-state index in [2.05, 4.69) is 31.8 Å². The van der Waals surface area contributed by atoms with Crippen LogP contribution in [-0.2, 0) is 4.79 Å². The fourth-order valence-corrected chi connectivity index (χ4v) is 2.58. The zero-order valence-corrected chi connectivity index (χ0v) is 17.3. The first-order valence-electron chi connectivity index (χ1n) is 8.70. The lowest BCUT2D eigenvalue weighted by Gasteiger charge is -2.07. The standard InChI is InChI=1S/C20H22BrN3O4/c1-3-10-28-17-7-4-14(5-8-17)20(26)22-13-19(25)24-23-12-15-11-16(21)6-9-18(15)27-2/h4-9,11-12H,3,10,13H2,1-2H3,(H,22,26)(H,24,25)/b23-12-. The van der Waals surface area contributed by atoms with E-state index in [1.165, 1.54) is 6.21 Å². The van der Waals surface area contributed by atoms with E-state index in [-0.39, 0.29) is 12.5 Å². The first kappa shape index (κ1) is 21.4. The largest absolute Gasteiger partial charge is 0.496 e. The lowest BCUT2D eigenvalue weighted by atomic mass is 10.2. The third-order valence-corrected chi connectivity index (χ3v) is 4.08. The Labute approximate surface area is 172 Å². The number of carbonyl (C=O) groups excluding carboxylic acids is 2. The first-order chi connectivity index (χ1) is 13.5. The van der Waals surface area contributed by atoms with Crippen molar-refractivity contribution in [2.45, 2.75) is 13.3 Å². The van der Waals surface area contributed by atoms with Crippen molar-refractivity contribution < 1.29 is 19.1 Å². The summed E-state index contributed by atoms with van der Waals surface area (Å²) in [5.74, 6) is 0.533. The number of methoxy groups -OCH3 is 1. The minimum atomic E-state index is -0.443. The predicted molar refractivity (Wildman–Crippen MR) is 111 cm³/mol. The van der Waals surface area contributed by atoms with E-state index >= 15 is 0 Å². The number of carbonyl (C=O) groups is 2. The molecule has 0 bridgehead atoms. The van der Waals surface area contributed by atoms with Crippen molar-refractivity contribution in [2.75, 3.05) is 20.3 Å². The molecule has 0 aliphatic heterocycles. The molecule has 0 radical (unpaired) electrons. The number of benzene rings is 2. The zero-order valence-electron chi connectivity index (χ0n) is 15.7. The number of nitrogens with one attached hydrogen (secondary N) is 2. The molecule has 2 aromatic rings. The van der Waals surface area contributed by atoms with Crippen LogP contribution in [0.5, 0.6) is 11.5 Å². The van der Waals surface area contributed by atoms with Crippen LogP contribution in [0.1, 0.15) is 29.3 Å². The molecule has 0 aliphatic carbocycles. The van der Waals surface area contributed by atoms with Crippen molar-refractivity contribution in [3.8, 4) is 11.5 Å². The summed E-state index contributed by atoms with van der Waals surface area (Å²) in [4.78, 5) is 24.0. The van der Waals surface area contributed by atoms with Gasteiger partial charge in [0.25, 0.3) is 11.8 Å². The molecule has 8 heteroatoms. The summed E-state index contributed by atoms with van der Waals surface area (Å²) < 4.78 is 11.6. The Morgan fingerprint density at radius 1 is 1.18 bits per heavy atom. The predicted octanol–water partition coefficient (Wildman–Crippen LogP) is 3.13. The van der Waals surface area contributed by atoms with Gasteiger partial charge in [0.05, 0.1) is 26.5 Å². The lowest BCUT2D eigenvalue weighted by Crippen LogP contribution is -2.34. The topological polar surface area (TPSA) is 89.0 Å². The molecule has 2 aromatic carbocycles. The maximum atomic E-state index is 12.1. The second kappa shape index (κ2) is 11.1. The molecular weight excluding hydrogens is 426 g/mol. The monoisotopic (exact) mass is 447 g/mol. The summed E-state index contributed by atoms with van der Waals surface area (Å²) in [6.07, 6.45) is 2.38. The maximum Gasteiger partial charge on any atom is 0.259 e. The highest BCUT2D eigenvalue weighted by Crippen LogP contribution is 2.21. The molecule has 148 valence electrons. The van der Waals surface area contributed by atoms with Gasteiger partial charge in [0.1, 0.15) is 11.5 Å². The third kappa shape index (κ3) is 6.70. The van der Waals surface area contributed by atoms with Crippen LogP contribution in [0.4, 0.5) is 0 Å². The van der Waals surface area contributed by atoms with Crippen molar-refractivity contribution in [1.29, 1.82) is 0 Å². The number of nitrogens with zero attached hydrogens (tertiary/aromatic N) is 1. The van der Waals surface area contributed by atoms with Crippen LogP contribution in [0.3, 0.4) is 0 Å². The fraction of sp³-hybridized carbons (Fsp3) is 0.250. The van der Waals surface area contributed by atoms with Gasteiger partial charge in [-0.25, -0.2) is 5.43 Å². The second-order valence-corrected chi connectivity index (χ2v) is 6.65. The van der Waals surface area contributed by atoms with Crippen LogP contribution in [0.15, 0.2) is 52.0 Å². The number of halogens is 1. The lowest BCUT2D eigenvalue weighted by molar-refractivity contribution is -0.120. The van der Waals surface area contributed by atoms with Gasteiger partial charge >= 0.3 is 0 Å². The molecule has 2 N–H and O–H groups in total. The summed E-state index contributed by atoms with van der Waals surface area (Å²) in [5.41, 5.74) is 3.51. The Bertz CT molecular complexity index is 838. The van der Waals surface area contributed by atoms with Gasteiger partial charge in [-0.05, 0) is 48.9 Å². The normalized spacial score (nSPS) is 10.5. The van der Waals surface area contributed by atoms with Crippen LogP contribution < -0.4 is 20.2 Å². The van der Waals surface area contributed by atoms with Gasteiger partial charge in [0.15, 0.2) is 0 Å². The molecule has 0 aromatic heterocycles. The third-order valence-electron chi connectivity index (χ3n) is 3.58. The van der Waals surface area contributed by atoms with E-state index in [0.29, 0.717) is 29.2 Å². The summed E-state index contributed by atoms with van der Waals surface area (Å²) in [7, 11) is 1.55. The molecule has 0 unspecified atom stereocenters. The highest BCUT2D eigenvalue weighted by molar-refractivity contribution is 9.10. The molecule has 0 saturated heterocycles. The molecule has 7 nitrogen and oxygen atoms in total. The van der Waals surface area contributed by atoms with Crippen molar-refractivity contribution in [3.63, 3.8) is 0 Å². The minimum absolute atomic E-state index is 0.195. The molecule has 0 heterocycles. The maximum absolute atomic E-state index is 12.1. The smallest absolute Gasteiger partial charge is 0.259 e. The van der Waals surface area contributed by atoms with Crippen molar-refractivity contribution >= 4 is 34.0 Å². The van der Waals surface area contributed by atoms with Gasteiger partial charge in [-0.1, -0.05) is 22.9 Å². The van der Waals surface area contributed by atoms with Crippen molar-refractivity contribution in [3.05, 3.63) is 58.1 Å². The van der Waals surface area contributed by atoms with Crippen molar-refractivity contribution in [2.24, 2.45) is 5.10 Å². The quantitative estimate of drug-likeness (QED) is 0.456. The van der Waals surface area contributed by atoms with Crippen molar-refractivity contribution in [1.82, 2.24) is 10.7 Å². The second-order valence-electron chi connectivity index (χ2n) is 5.73. The highest BCUT2D eigenvalue weighted by atomic mass is 79.9. The van der Waals surface area contributed by atoms with E-state index < -0.39 is 5.91 Å². The molecule has 2 rings (SSSR count).